The maximum absolute atomic E-state index is 11.0. The van der Waals surface area contributed by atoms with E-state index in [4.69, 9.17) is 14.2 Å². The van der Waals surface area contributed by atoms with E-state index in [9.17, 15) is 9.59 Å². The summed E-state index contributed by atoms with van der Waals surface area (Å²) in [6, 6.07) is 14.7. The van der Waals surface area contributed by atoms with Gasteiger partial charge >= 0.3 is 11.9 Å². The Morgan fingerprint density at radius 2 is 1.00 bits per heavy atom. The number of rotatable bonds is 6. The van der Waals surface area contributed by atoms with Gasteiger partial charge in [-0.3, -0.25) is 9.59 Å². The minimum Gasteiger partial charge on any atom is -0.458 e. The van der Waals surface area contributed by atoms with E-state index in [0.717, 1.165) is 11.1 Å². The molecule has 0 aromatic heterocycles. The lowest BCUT2D eigenvalue weighted by Crippen LogP contribution is -2.04. The zero-order valence-electron chi connectivity index (χ0n) is 14.8. The fourth-order valence-corrected chi connectivity index (χ4v) is 2.38. The molecule has 5 nitrogen and oxygen atoms in total. The zero-order valence-corrected chi connectivity index (χ0v) is 14.8. The second-order valence-electron chi connectivity index (χ2n) is 5.74. The molecular formula is C20H22O5. The van der Waals surface area contributed by atoms with Crippen LogP contribution in [0.1, 0.15) is 51.0 Å². The van der Waals surface area contributed by atoms with Crippen LogP contribution in [-0.2, 0) is 19.1 Å². The predicted molar refractivity (Wildman–Crippen MR) is 93.3 cm³/mol. The molecule has 0 saturated heterocycles. The first-order chi connectivity index (χ1) is 11.8. The normalized spacial score (nSPS) is 12.8. The van der Waals surface area contributed by atoms with Crippen molar-refractivity contribution in [3.8, 4) is 11.5 Å². The van der Waals surface area contributed by atoms with Crippen molar-refractivity contribution in [1.82, 2.24) is 0 Å². The molecule has 2 unspecified atom stereocenters. The van der Waals surface area contributed by atoms with E-state index in [1.807, 2.05) is 62.4 Å². The Morgan fingerprint density at radius 1 is 0.680 bits per heavy atom. The van der Waals surface area contributed by atoms with Crippen LogP contribution in [0.15, 0.2) is 48.5 Å². The van der Waals surface area contributed by atoms with E-state index in [1.165, 1.54) is 13.8 Å². The minimum absolute atomic E-state index is 0.298. The van der Waals surface area contributed by atoms with Crippen molar-refractivity contribution < 1.29 is 23.8 Å². The van der Waals surface area contributed by atoms with Gasteiger partial charge in [0.25, 0.3) is 0 Å². The van der Waals surface area contributed by atoms with Crippen LogP contribution in [0.4, 0.5) is 0 Å². The highest BCUT2D eigenvalue weighted by Gasteiger charge is 2.10. The van der Waals surface area contributed by atoms with Crippen LogP contribution < -0.4 is 4.74 Å². The Bertz CT molecular complexity index is 655. The molecule has 2 rings (SSSR count). The molecule has 0 bridgehead atoms. The van der Waals surface area contributed by atoms with Gasteiger partial charge in [0.2, 0.25) is 0 Å². The van der Waals surface area contributed by atoms with Crippen molar-refractivity contribution in [2.75, 3.05) is 0 Å². The van der Waals surface area contributed by atoms with Crippen molar-refractivity contribution >= 4 is 11.9 Å². The summed E-state index contributed by atoms with van der Waals surface area (Å²) in [5.41, 5.74) is 1.79. The maximum atomic E-state index is 11.0. The van der Waals surface area contributed by atoms with Gasteiger partial charge in [0, 0.05) is 13.8 Å². The number of ether oxygens (including phenoxy) is 3. The van der Waals surface area contributed by atoms with Crippen LogP contribution in [0.5, 0.6) is 11.5 Å². The topological polar surface area (TPSA) is 61.8 Å². The molecular weight excluding hydrogens is 320 g/mol. The van der Waals surface area contributed by atoms with E-state index < -0.39 is 0 Å². The van der Waals surface area contributed by atoms with Gasteiger partial charge in [0.15, 0.2) is 0 Å². The third-order valence-corrected chi connectivity index (χ3v) is 3.62. The highest BCUT2D eigenvalue weighted by Crippen LogP contribution is 2.26. The molecule has 0 fully saturated rings. The monoisotopic (exact) mass is 342 g/mol. The molecule has 2 atom stereocenters. The average molecular weight is 342 g/mol. The Balaban J connectivity index is 2.00. The largest absolute Gasteiger partial charge is 0.458 e. The lowest BCUT2D eigenvalue weighted by Gasteiger charge is -2.14. The standard InChI is InChI=1S/C20H22O5/c1-13(23-15(3)21)17-5-9-19(10-6-17)25-20-11-7-18(8-12-20)14(2)24-16(4)22/h5-14H,1-4H3. The van der Waals surface area contributed by atoms with Gasteiger partial charge in [-0.15, -0.1) is 0 Å². The third kappa shape index (κ3) is 5.64. The van der Waals surface area contributed by atoms with Crippen LogP contribution in [0.3, 0.4) is 0 Å². The number of esters is 2. The maximum Gasteiger partial charge on any atom is 0.303 e. The van der Waals surface area contributed by atoms with Crippen molar-refractivity contribution in [2.24, 2.45) is 0 Å². The summed E-state index contributed by atoms with van der Waals surface area (Å²) in [5.74, 6) is 0.742. The molecule has 132 valence electrons. The van der Waals surface area contributed by atoms with E-state index in [2.05, 4.69) is 0 Å². The summed E-state index contributed by atoms with van der Waals surface area (Å²) in [5, 5.41) is 0. The third-order valence-electron chi connectivity index (χ3n) is 3.62. The average Bonchev–Trinajstić information content (AvgIpc) is 2.55. The molecule has 0 aliphatic heterocycles. The summed E-state index contributed by atoms with van der Waals surface area (Å²) in [7, 11) is 0. The molecule has 0 amide bonds. The molecule has 0 heterocycles. The molecule has 0 aliphatic carbocycles. The predicted octanol–water partition coefficient (Wildman–Crippen LogP) is 4.73. The Labute approximate surface area is 147 Å². The molecule has 0 saturated carbocycles. The fraction of sp³-hybridized carbons (Fsp3) is 0.300. The summed E-state index contributed by atoms with van der Waals surface area (Å²) in [6.45, 7) is 6.42. The van der Waals surface area contributed by atoms with E-state index in [-0.39, 0.29) is 24.1 Å². The van der Waals surface area contributed by atoms with Crippen molar-refractivity contribution in [3.63, 3.8) is 0 Å². The van der Waals surface area contributed by atoms with Crippen molar-refractivity contribution in [3.05, 3.63) is 59.7 Å². The smallest absolute Gasteiger partial charge is 0.303 e. The van der Waals surface area contributed by atoms with Crippen molar-refractivity contribution in [1.29, 1.82) is 0 Å². The Morgan fingerprint density at radius 3 is 1.28 bits per heavy atom. The molecule has 0 spiro atoms. The first-order valence-electron chi connectivity index (χ1n) is 8.07. The summed E-state index contributed by atoms with van der Waals surface area (Å²) in [4.78, 5) is 22.0. The van der Waals surface area contributed by atoms with Gasteiger partial charge in [0.1, 0.15) is 23.7 Å². The van der Waals surface area contributed by atoms with Gasteiger partial charge in [-0.25, -0.2) is 0 Å². The molecule has 2 aromatic carbocycles. The molecule has 0 N–H and O–H groups in total. The molecule has 2 aromatic rings. The summed E-state index contributed by atoms with van der Waals surface area (Å²) in [6.07, 6.45) is -0.595. The SMILES string of the molecule is CC(=O)OC(C)c1ccc(Oc2ccc(C(C)OC(C)=O)cc2)cc1. The first kappa shape index (κ1) is 18.5. The van der Waals surface area contributed by atoms with Gasteiger partial charge < -0.3 is 14.2 Å². The zero-order chi connectivity index (χ0) is 18.4. The Kier molecular flexibility index (Phi) is 6.17. The van der Waals surface area contributed by atoms with E-state index in [0.29, 0.717) is 11.5 Å². The van der Waals surface area contributed by atoms with Gasteiger partial charge in [-0.2, -0.15) is 0 Å². The van der Waals surface area contributed by atoms with Gasteiger partial charge in [0.05, 0.1) is 0 Å². The minimum atomic E-state index is -0.309. The number of carbonyl (C=O) groups is 2. The first-order valence-corrected chi connectivity index (χ1v) is 8.07. The summed E-state index contributed by atoms with van der Waals surface area (Å²) >= 11 is 0. The van der Waals surface area contributed by atoms with Crippen LogP contribution in [0.2, 0.25) is 0 Å². The lowest BCUT2D eigenvalue weighted by atomic mass is 10.1. The molecule has 5 heteroatoms. The number of hydrogen-bond acceptors (Lipinski definition) is 5. The van der Waals surface area contributed by atoms with Crippen LogP contribution in [0.25, 0.3) is 0 Å². The quantitative estimate of drug-likeness (QED) is 0.710. The number of benzene rings is 2. The van der Waals surface area contributed by atoms with E-state index in [1.54, 1.807) is 0 Å². The number of carbonyl (C=O) groups excluding carboxylic acids is 2. The number of hydrogen-bond donors (Lipinski definition) is 0. The Hall–Kier alpha value is -2.82. The van der Waals surface area contributed by atoms with E-state index >= 15 is 0 Å². The molecule has 0 aliphatic rings. The molecule has 25 heavy (non-hydrogen) atoms. The lowest BCUT2D eigenvalue weighted by molar-refractivity contribution is -0.146. The van der Waals surface area contributed by atoms with Gasteiger partial charge in [-0.05, 0) is 49.2 Å². The van der Waals surface area contributed by atoms with Crippen LogP contribution in [0, 0.1) is 0 Å². The van der Waals surface area contributed by atoms with Crippen LogP contribution in [-0.4, -0.2) is 11.9 Å². The molecule has 0 radical (unpaired) electrons. The second-order valence-corrected chi connectivity index (χ2v) is 5.74. The highest BCUT2D eigenvalue weighted by molar-refractivity contribution is 5.66. The van der Waals surface area contributed by atoms with Crippen molar-refractivity contribution in [2.45, 2.75) is 39.9 Å². The highest BCUT2D eigenvalue weighted by atomic mass is 16.5. The summed E-state index contributed by atoms with van der Waals surface area (Å²) < 4.78 is 16.1. The fourth-order valence-electron chi connectivity index (χ4n) is 2.38. The van der Waals surface area contributed by atoms with Gasteiger partial charge in [-0.1, -0.05) is 24.3 Å². The second kappa shape index (κ2) is 8.33. The van der Waals surface area contributed by atoms with Crippen LogP contribution >= 0.6 is 0 Å².